The van der Waals surface area contributed by atoms with Crippen molar-refractivity contribution in [2.24, 2.45) is 0 Å². The minimum Gasteiger partial charge on any atom is -0.392 e. The summed E-state index contributed by atoms with van der Waals surface area (Å²) in [7, 11) is -3.58. The molecule has 8 heteroatoms. The lowest BCUT2D eigenvalue weighted by Crippen LogP contribution is -2.33. The molecule has 0 saturated carbocycles. The molecular formula is C13H16F3NO3S. The Labute approximate surface area is 121 Å². The molecule has 21 heavy (non-hydrogen) atoms. The van der Waals surface area contributed by atoms with Crippen LogP contribution in [0.3, 0.4) is 0 Å². The molecule has 1 aromatic carbocycles. The van der Waals surface area contributed by atoms with Crippen LogP contribution in [-0.2, 0) is 16.2 Å². The van der Waals surface area contributed by atoms with Gasteiger partial charge in [-0.2, -0.15) is 17.5 Å². The number of aliphatic hydroxyl groups is 1. The topological polar surface area (TPSA) is 57.6 Å². The van der Waals surface area contributed by atoms with Gasteiger partial charge in [0.05, 0.1) is 23.5 Å². The summed E-state index contributed by atoms with van der Waals surface area (Å²) in [6.07, 6.45) is -5.26. The van der Waals surface area contributed by atoms with E-state index in [1.807, 2.05) is 0 Å². The Morgan fingerprint density at radius 3 is 2.62 bits per heavy atom. The maximum Gasteiger partial charge on any atom is 0.416 e. The second-order valence-corrected chi connectivity index (χ2v) is 7.21. The fourth-order valence-corrected chi connectivity index (χ4v) is 3.81. The van der Waals surface area contributed by atoms with E-state index in [1.165, 1.54) is 19.1 Å². The van der Waals surface area contributed by atoms with Crippen LogP contribution in [0.25, 0.3) is 0 Å². The Kier molecular flexibility index (Phi) is 4.32. The SMILES string of the molecule is CCS(=O)(=O)N1C[C@H](O)C[C@@H]1c1cccc(C(F)(F)F)c1. The highest BCUT2D eigenvalue weighted by molar-refractivity contribution is 7.89. The van der Waals surface area contributed by atoms with Gasteiger partial charge >= 0.3 is 6.18 Å². The number of alkyl halides is 3. The van der Waals surface area contributed by atoms with Crippen LogP contribution in [0.2, 0.25) is 0 Å². The summed E-state index contributed by atoms with van der Waals surface area (Å²) in [6, 6.07) is 3.83. The Balaban J connectivity index is 2.40. The zero-order chi connectivity index (χ0) is 15.8. The molecule has 1 N–H and O–H groups in total. The molecule has 0 spiro atoms. The van der Waals surface area contributed by atoms with Gasteiger partial charge in [0, 0.05) is 6.54 Å². The van der Waals surface area contributed by atoms with Crippen molar-refractivity contribution in [3.8, 4) is 0 Å². The van der Waals surface area contributed by atoms with E-state index in [-0.39, 0.29) is 24.3 Å². The van der Waals surface area contributed by atoms with Gasteiger partial charge in [-0.3, -0.25) is 0 Å². The Bertz CT molecular complexity index is 615. The van der Waals surface area contributed by atoms with Crippen LogP contribution in [0.1, 0.15) is 30.5 Å². The van der Waals surface area contributed by atoms with Crippen molar-refractivity contribution >= 4 is 10.0 Å². The first-order valence-corrected chi connectivity index (χ1v) is 8.11. The smallest absolute Gasteiger partial charge is 0.392 e. The van der Waals surface area contributed by atoms with E-state index in [1.54, 1.807) is 0 Å². The van der Waals surface area contributed by atoms with E-state index >= 15 is 0 Å². The highest BCUT2D eigenvalue weighted by Gasteiger charge is 2.39. The monoisotopic (exact) mass is 323 g/mol. The molecule has 4 nitrogen and oxygen atoms in total. The van der Waals surface area contributed by atoms with Crippen LogP contribution in [0.4, 0.5) is 13.2 Å². The van der Waals surface area contributed by atoms with Crippen LogP contribution < -0.4 is 0 Å². The number of hydrogen-bond acceptors (Lipinski definition) is 3. The van der Waals surface area contributed by atoms with Crippen molar-refractivity contribution in [3.63, 3.8) is 0 Å². The maximum absolute atomic E-state index is 12.7. The first-order valence-electron chi connectivity index (χ1n) is 6.50. The van der Waals surface area contributed by atoms with Crippen LogP contribution in [-0.4, -0.2) is 36.2 Å². The average Bonchev–Trinajstić information content (AvgIpc) is 2.81. The van der Waals surface area contributed by atoms with Gasteiger partial charge in [-0.05, 0) is 31.0 Å². The molecule has 0 unspecified atom stereocenters. The van der Waals surface area contributed by atoms with Gasteiger partial charge in [-0.15, -0.1) is 0 Å². The van der Waals surface area contributed by atoms with E-state index in [4.69, 9.17) is 0 Å². The molecule has 2 rings (SSSR count). The predicted molar refractivity (Wildman–Crippen MR) is 71.0 cm³/mol. The van der Waals surface area contributed by atoms with E-state index in [0.29, 0.717) is 0 Å². The fourth-order valence-electron chi connectivity index (χ4n) is 2.48. The van der Waals surface area contributed by atoms with Gasteiger partial charge in [0.2, 0.25) is 10.0 Å². The summed E-state index contributed by atoms with van der Waals surface area (Å²) in [4.78, 5) is 0. The number of sulfonamides is 1. The number of nitrogens with zero attached hydrogens (tertiary/aromatic N) is 1. The lowest BCUT2D eigenvalue weighted by molar-refractivity contribution is -0.137. The predicted octanol–water partition coefficient (Wildman–Crippen LogP) is 2.16. The molecule has 1 saturated heterocycles. The highest BCUT2D eigenvalue weighted by Crippen LogP contribution is 2.37. The summed E-state index contributed by atoms with van der Waals surface area (Å²) in [5, 5.41) is 9.69. The molecule has 0 amide bonds. The standard InChI is InChI=1S/C13H16F3NO3S/c1-2-21(19,20)17-8-11(18)7-12(17)9-4-3-5-10(6-9)13(14,15)16/h3-6,11-12,18H,2,7-8H2,1H3/t11-,12-/m1/s1. The van der Waals surface area contributed by atoms with Crippen molar-refractivity contribution in [3.05, 3.63) is 35.4 Å². The Hall–Kier alpha value is -1.12. The van der Waals surface area contributed by atoms with Crippen LogP contribution in [0, 0.1) is 0 Å². The number of halogens is 3. The molecule has 0 aromatic heterocycles. The number of benzene rings is 1. The summed E-state index contributed by atoms with van der Waals surface area (Å²) in [5.74, 6) is -0.158. The highest BCUT2D eigenvalue weighted by atomic mass is 32.2. The maximum atomic E-state index is 12.7. The van der Waals surface area contributed by atoms with E-state index in [9.17, 15) is 26.7 Å². The fraction of sp³-hybridized carbons (Fsp3) is 0.538. The minimum atomic E-state index is -4.48. The third-order valence-corrected chi connectivity index (χ3v) is 5.40. The van der Waals surface area contributed by atoms with E-state index in [0.717, 1.165) is 16.4 Å². The second kappa shape index (κ2) is 5.58. The summed E-state index contributed by atoms with van der Waals surface area (Å²) >= 11 is 0. The van der Waals surface area contributed by atoms with Gasteiger partial charge < -0.3 is 5.11 Å². The minimum absolute atomic E-state index is 0.0862. The van der Waals surface area contributed by atoms with Crippen molar-refractivity contribution < 1.29 is 26.7 Å². The molecule has 2 atom stereocenters. The first kappa shape index (κ1) is 16.3. The molecule has 1 aliphatic heterocycles. The normalized spacial score (nSPS) is 24.4. The zero-order valence-corrected chi connectivity index (χ0v) is 12.2. The van der Waals surface area contributed by atoms with E-state index < -0.39 is 33.9 Å². The molecule has 1 aliphatic rings. The zero-order valence-electron chi connectivity index (χ0n) is 11.3. The van der Waals surface area contributed by atoms with Gasteiger partial charge in [-0.25, -0.2) is 8.42 Å². The number of aliphatic hydroxyl groups excluding tert-OH is 1. The largest absolute Gasteiger partial charge is 0.416 e. The molecule has 1 aromatic rings. The van der Waals surface area contributed by atoms with Crippen molar-refractivity contribution in [1.29, 1.82) is 0 Å². The van der Waals surface area contributed by atoms with Gasteiger partial charge in [0.25, 0.3) is 0 Å². The third kappa shape index (κ3) is 3.38. The molecule has 0 radical (unpaired) electrons. The van der Waals surface area contributed by atoms with Crippen LogP contribution in [0.5, 0.6) is 0 Å². The molecule has 1 heterocycles. The van der Waals surface area contributed by atoms with Crippen molar-refractivity contribution in [2.45, 2.75) is 31.7 Å². The number of β-amino-alcohol motifs (C(OH)–C–C–N with tert-alkyl or cyclic N) is 1. The average molecular weight is 323 g/mol. The van der Waals surface area contributed by atoms with Crippen molar-refractivity contribution in [1.82, 2.24) is 4.31 Å². The lowest BCUT2D eigenvalue weighted by Gasteiger charge is -2.24. The lowest BCUT2D eigenvalue weighted by atomic mass is 10.0. The van der Waals surface area contributed by atoms with Crippen LogP contribution in [0.15, 0.2) is 24.3 Å². The summed E-state index contributed by atoms with van der Waals surface area (Å²) in [5.41, 5.74) is -0.575. The molecule has 118 valence electrons. The number of hydrogen-bond donors (Lipinski definition) is 1. The van der Waals surface area contributed by atoms with E-state index in [2.05, 4.69) is 0 Å². The quantitative estimate of drug-likeness (QED) is 0.927. The van der Waals surface area contributed by atoms with Crippen molar-refractivity contribution in [2.75, 3.05) is 12.3 Å². The Morgan fingerprint density at radius 2 is 2.05 bits per heavy atom. The van der Waals surface area contributed by atoms with Gasteiger partial charge in [-0.1, -0.05) is 12.1 Å². The van der Waals surface area contributed by atoms with Gasteiger partial charge in [0.1, 0.15) is 0 Å². The third-order valence-electron chi connectivity index (χ3n) is 3.55. The van der Waals surface area contributed by atoms with Gasteiger partial charge in [0.15, 0.2) is 0 Å². The molecule has 1 fully saturated rings. The summed E-state index contributed by atoms with van der Waals surface area (Å²) in [6.45, 7) is 1.38. The first-order chi connectivity index (χ1) is 9.65. The van der Waals surface area contributed by atoms with Crippen LogP contribution >= 0.6 is 0 Å². The number of rotatable bonds is 3. The molecule has 0 aliphatic carbocycles. The molecule has 0 bridgehead atoms. The summed E-state index contributed by atoms with van der Waals surface area (Å²) < 4.78 is 63.3. The molecular weight excluding hydrogens is 307 g/mol. The second-order valence-electron chi connectivity index (χ2n) is 5.00. The Morgan fingerprint density at radius 1 is 1.38 bits per heavy atom.